The summed E-state index contributed by atoms with van der Waals surface area (Å²) >= 11 is 5.76. The lowest BCUT2D eigenvalue weighted by Gasteiger charge is -1.93. The average molecular weight is 186 g/mol. The van der Waals surface area contributed by atoms with Gasteiger partial charge in [-0.1, -0.05) is 24.6 Å². The Hall–Kier alpha value is -0.560. The summed E-state index contributed by atoms with van der Waals surface area (Å²) in [5.74, 6) is 0. The molecule has 0 unspecified atom stereocenters. The molecule has 0 aromatic heterocycles. The molecule has 0 saturated heterocycles. The van der Waals surface area contributed by atoms with Crippen molar-refractivity contribution in [3.05, 3.63) is 22.4 Å². The summed E-state index contributed by atoms with van der Waals surface area (Å²) < 4.78 is 0. The van der Waals surface area contributed by atoms with E-state index in [0.29, 0.717) is 0 Å². The topological polar surface area (TPSA) is 12.4 Å². The maximum atomic E-state index is 5.76. The van der Waals surface area contributed by atoms with Gasteiger partial charge in [-0.05, 0) is 32.8 Å². The largest absolute Gasteiger partial charge is 0.262 e. The molecule has 0 aromatic carbocycles. The molecule has 0 saturated carbocycles. The van der Waals surface area contributed by atoms with Gasteiger partial charge < -0.3 is 0 Å². The first kappa shape index (κ1) is 11.4. The SMILES string of the molecule is CC/C=C(C)/N=C\C(C)=C(/C)Cl. The molecule has 1 nitrogen and oxygen atoms in total. The van der Waals surface area contributed by atoms with Gasteiger partial charge in [-0.25, -0.2) is 0 Å². The molecule has 0 aliphatic carbocycles. The molecule has 0 radical (unpaired) electrons. The smallest absolute Gasteiger partial charge is 0.0332 e. The highest BCUT2D eigenvalue weighted by molar-refractivity contribution is 6.30. The molecule has 0 N–H and O–H groups in total. The lowest BCUT2D eigenvalue weighted by Crippen LogP contribution is -1.80. The molecular weight excluding hydrogens is 170 g/mol. The Bertz CT molecular complexity index is 220. The normalized spacial score (nSPS) is 15.2. The fourth-order valence-electron chi connectivity index (χ4n) is 0.636. The Morgan fingerprint density at radius 2 is 1.92 bits per heavy atom. The van der Waals surface area contributed by atoms with Crippen LogP contribution in [0.1, 0.15) is 34.1 Å². The standard InChI is InChI=1S/C10H16ClN/c1-5-6-9(3)12-7-8(2)10(4)11/h6-7H,5H2,1-4H3/b9-6+,10-8+,12-7-. The Morgan fingerprint density at radius 3 is 2.33 bits per heavy atom. The molecule has 0 bridgehead atoms. The predicted molar refractivity (Wildman–Crippen MR) is 56.8 cm³/mol. The monoisotopic (exact) mass is 185 g/mol. The van der Waals surface area contributed by atoms with E-state index in [1.54, 1.807) is 6.21 Å². The second-order valence-corrected chi connectivity index (χ2v) is 3.30. The third kappa shape index (κ3) is 5.14. The van der Waals surface area contributed by atoms with Crippen LogP contribution in [-0.4, -0.2) is 6.21 Å². The first-order chi connectivity index (χ1) is 5.57. The number of aliphatic imine (C=N–C) groups is 1. The van der Waals surface area contributed by atoms with E-state index in [1.807, 2.05) is 20.8 Å². The van der Waals surface area contributed by atoms with Crippen molar-refractivity contribution in [2.24, 2.45) is 4.99 Å². The van der Waals surface area contributed by atoms with Crippen LogP contribution in [0.15, 0.2) is 27.4 Å². The fraction of sp³-hybridized carbons (Fsp3) is 0.500. The Balaban J connectivity index is 4.26. The number of halogens is 1. The number of rotatable bonds is 3. The van der Waals surface area contributed by atoms with Gasteiger partial charge in [0.05, 0.1) is 0 Å². The van der Waals surface area contributed by atoms with Gasteiger partial charge in [0.2, 0.25) is 0 Å². The fourth-order valence-corrected chi connectivity index (χ4v) is 0.685. The molecule has 0 aromatic rings. The highest BCUT2D eigenvalue weighted by Gasteiger charge is 1.87. The van der Waals surface area contributed by atoms with Crippen LogP contribution < -0.4 is 0 Å². The van der Waals surface area contributed by atoms with Gasteiger partial charge in [-0.15, -0.1) is 0 Å². The van der Waals surface area contributed by atoms with E-state index in [2.05, 4.69) is 18.0 Å². The molecule has 2 heteroatoms. The van der Waals surface area contributed by atoms with E-state index >= 15 is 0 Å². The van der Waals surface area contributed by atoms with Gasteiger partial charge >= 0.3 is 0 Å². The Labute approximate surface area is 79.8 Å². The maximum Gasteiger partial charge on any atom is 0.0332 e. The number of hydrogen-bond acceptors (Lipinski definition) is 1. The van der Waals surface area contributed by atoms with E-state index in [4.69, 9.17) is 11.6 Å². The van der Waals surface area contributed by atoms with Crippen molar-refractivity contribution < 1.29 is 0 Å². The second kappa shape index (κ2) is 6.01. The maximum absolute atomic E-state index is 5.76. The molecule has 0 fully saturated rings. The first-order valence-corrected chi connectivity index (χ1v) is 4.49. The van der Waals surface area contributed by atoms with E-state index in [-0.39, 0.29) is 0 Å². The number of nitrogens with zero attached hydrogens (tertiary/aromatic N) is 1. The zero-order valence-electron chi connectivity index (χ0n) is 8.19. The van der Waals surface area contributed by atoms with E-state index < -0.39 is 0 Å². The zero-order valence-corrected chi connectivity index (χ0v) is 8.94. The van der Waals surface area contributed by atoms with Crippen molar-refractivity contribution in [1.82, 2.24) is 0 Å². The molecule has 0 atom stereocenters. The van der Waals surface area contributed by atoms with Crippen LogP contribution >= 0.6 is 11.6 Å². The third-order valence-electron chi connectivity index (χ3n) is 1.50. The molecular formula is C10H16ClN. The van der Waals surface area contributed by atoms with Crippen LogP contribution in [0, 0.1) is 0 Å². The van der Waals surface area contributed by atoms with Crippen molar-refractivity contribution in [1.29, 1.82) is 0 Å². The van der Waals surface area contributed by atoms with Gasteiger partial charge in [-0.2, -0.15) is 0 Å². The first-order valence-electron chi connectivity index (χ1n) is 4.11. The molecule has 0 amide bonds. The van der Waals surface area contributed by atoms with Gasteiger partial charge in [-0.3, -0.25) is 4.99 Å². The van der Waals surface area contributed by atoms with Crippen molar-refractivity contribution in [3.63, 3.8) is 0 Å². The van der Waals surface area contributed by atoms with Crippen LogP contribution in [0.2, 0.25) is 0 Å². The Kier molecular flexibility index (Phi) is 5.73. The predicted octanol–water partition coefficient (Wildman–Crippen LogP) is 3.90. The van der Waals surface area contributed by atoms with Crippen molar-refractivity contribution in [3.8, 4) is 0 Å². The summed E-state index contributed by atoms with van der Waals surface area (Å²) in [6.07, 6.45) is 4.89. The minimum atomic E-state index is 0.794. The second-order valence-electron chi connectivity index (χ2n) is 2.73. The lowest BCUT2D eigenvalue weighted by atomic mass is 10.3. The van der Waals surface area contributed by atoms with Crippen molar-refractivity contribution >= 4 is 17.8 Å². The van der Waals surface area contributed by atoms with Gasteiger partial charge in [0.1, 0.15) is 0 Å². The molecule has 0 rings (SSSR count). The molecule has 0 heterocycles. The summed E-state index contributed by atoms with van der Waals surface area (Å²) in [6, 6.07) is 0. The highest BCUT2D eigenvalue weighted by atomic mass is 35.5. The number of allylic oxidation sites excluding steroid dienone is 4. The summed E-state index contributed by atoms with van der Waals surface area (Å²) in [5, 5.41) is 0.794. The third-order valence-corrected chi connectivity index (χ3v) is 1.80. The minimum absolute atomic E-state index is 0.794. The van der Waals surface area contributed by atoms with Crippen molar-refractivity contribution in [2.75, 3.05) is 0 Å². The van der Waals surface area contributed by atoms with Crippen LogP contribution in [0.5, 0.6) is 0 Å². The lowest BCUT2D eigenvalue weighted by molar-refractivity contribution is 1.16. The average Bonchev–Trinajstić information content (AvgIpc) is 2.00. The van der Waals surface area contributed by atoms with Crippen LogP contribution in [0.3, 0.4) is 0 Å². The summed E-state index contributed by atoms with van der Waals surface area (Å²) in [4.78, 5) is 4.23. The minimum Gasteiger partial charge on any atom is -0.262 e. The molecule has 0 aliphatic rings. The summed E-state index contributed by atoms with van der Waals surface area (Å²) in [7, 11) is 0. The zero-order chi connectivity index (χ0) is 9.56. The van der Waals surface area contributed by atoms with Crippen LogP contribution in [-0.2, 0) is 0 Å². The molecule has 68 valence electrons. The summed E-state index contributed by atoms with van der Waals surface area (Å²) in [6.45, 7) is 7.89. The highest BCUT2D eigenvalue weighted by Crippen LogP contribution is 2.06. The van der Waals surface area contributed by atoms with Crippen molar-refractivity contribution in [2.45, 2.75) is 34.1 Å². The van der Waals surface area contributed by atoms with Gasteiger partial charge in [0.25, 0.3) is 0 Å². The van der Waals surface area contributed by atoms with E-state index in [9.17, 15) is 0 Å². The van der Waals surface area contributed by atoms with Crippen LogP contribution in [0.25, 0.3) is 0 Å². The quantitative estimate of drug-likeness (QED) is 0.592. The molecule has 0 aliphatic heterocycles. The van der Waals surface area contributed by atoms with Gasteiger partial charge in [0, 0.05) is 16.9 Å². The summed E-state index contributed by atoms with van der Waals surface area (Å²) in [5.41, 5.74) is 2.05. The number of hydrogen-bond donors (Lipinski definition) is 0. The van der Waals surface area contributed by atoms with Gasteiger partial charge in [0.15, 0.2) is 0 Å². The van der Waals surface area contributed by atoms with Crippen LogP contribution in [0.4, 0.5) is 0 Å². The Morgan fingerprint density at radius 1 is 1.33 bits per heavy atom. The molecule has 0 spiro atoms. The molecule has 12 heavy (non-hydrogen) atoms. The van der Waals surface area contributed by atoms with E-state index in [0.717, 1.165) is 22.7 Å². The van der Waals surface area contributed by atoms with E-state index in [1.165, 1.54) is 0 Å².